The Morgan fingerprint density at radius 2 is 1.72 bits per heavy atom. The van der Waals surface area contributed by atoms with E-state index in [4.69, 9.17) is 0 Å². The van der Waals surface area contributed by atoms with E-state index in [2.05, 4.69) is 13.8 Å². The molecule has 0 aromatic carbocycles. The fraction of sp³-hybridized carbons (Fsp3) is 0.957. The van der Waals surface area contributed by atoms with Crippen LogP contribution in [-0.4, -0.2) is 17.5 Å². The molecule has 0 amide bonds. The third-order valence-corrected chi connectivity index (χ3v) is 9.71. The highest BCUT2D eigenvalue weighted by atomic mass is 16.3. The number of aliphatic hydroxyl groups excluding tert-OH is 1. The average molecular weight is 347 g/mol. The minimum absolute atomic E-state index is 0.0304. The van der Waals surface area contributed by atoms with Crippen LogP contribution in [0, 0.1) is 40.4 Å². The van der Waals surface area contributed by atoms with E-state index in [0.717, 1.165) is 61.6 Å². The van der Waals surface area contributed by atoms with Crippen LogP contribution in [0.4, 0.5) is 0 Å². The molecule has 4 aliphatic carbocycles. The molecule has 0 spiro atoms. The number of unbranched alkanes of at least 4 members (excludes halogenated alkanes) is 1. The van der Waals surface area contributed by atoms with Crippen molar-refractivity contribution in [3.63, 3.8) is 0 Å². The molecule has 0 aromatic rings. The predicted molar refractivity (Wildman–Crippen MR) is 101 cm³/mol. The van der Waals surface area contributed by atoms with Crippen molar-refractivity contribution < 1.29 is 9.90 Å². The van der Waals surface area contributed by atoms with E-state index in [1.807, 2.05) is 0 Å². The van der Waals surface area contributed by atoms with Crippen molar-refractivity contribution in [3.8, 4) is 0 Å². The number of hydrogen-bond donors (Lipinski definition) is 1. The predicted octanol–water partition coefficient (Wildman–Crippen LogP) is 5.38. The Labute approximate surface area is 154 Å². The van der Waals surface area contributed by atoms with Gasteiger partial charge in [0, 0.05) is 6.42 Å². The van der Waals surface area contributed by atoms with E-state index in [1.165, 1.54) is 51.4 Å². The Balaban J connectivity index is 1.51. The van der Waals surface area contributed by atoms with Crippen LogP contribution in [0.2, 0.25) is 0 Å². The van der Waals surface area contributed by atoms with Crippen molar-refractivity contribution in [2.75, 3.05) is 0 Å². The van der Waals surface area contributed by atoms with E-state index in [9.17, 15) is 9.90 Å². The Bertz CT molecular complexity index is 502. The summed E-state index contributed by atoms with van der Waals surface area (Å²) < 4.78 is 0. The van der Waals surface area contributed by atoms with E-state index < -0.39 is 0 Å². The maximum Gasteiger partial charge on any atom is 0.119 e. The summed E-state index contributed by atoms with van der Waals surface area (Å²) in [5.74, 6) is 4.40. The lowest BCUT2D eigenvalue weighted by Gasteiger charge is -2.61. The van der Waals surface area contributed by atoms with Crippen molar-refractivity contribution in [2.45, 2.75) is 97.0 Å². The first-order valence-electron chi connectivity index (χ1n) is 11.1. The van der Waals surface area contributed by atoms with Crippen LogP contribution >= 0.6 is 0 Å². The third-order valence-electron chi connectivity index (χ3n) is 9.71. The summed E-state index contributed by atoms with van der Waals surface area (Å²) in [4.78, 5) is 10.7. The Morgan fingerprint density at radius 1 is 0.960 bits per heavy atom. The molecule has 0 aliphatic heterocycles. The third kappa shape index (κ3) is 2.82. The van der Waals surface area contributed by atoms with Gasteiger partial charge in [-0.25, -0.2) is 0 Å². The van der Waals surface area contributed by atoms with Gasteiger partial charge in [-0.05, 0) is 111 Å². The number of fused-ring (bicyclic) bond motifs is 5. The SMILES string of the molecule is CC12CCC3C(CCC4CC(O)CCC43C)C1CCC2CCCC=O. The topological polar surface area (TPSA) is 37.3 Å². The summed E-state index contributed by atoms with van der Waals surface area (Å²) in [6.45, 7) is 5.19. The lowest BCUT2D eigenvalue weighted by Crippen LogP contribution is -2.53. The van der Waals surface area contributed by atoms with Gasteiger partial charge in [-0.15, -0.1) is 0 Å². The Hall–Kier alpha value is -0.370. The van der Waals surface area contributed by atoms with E-state index in [1.54, 1.807) is 0 Å². The van der Waals surface area contributed by atoms with Crippen molar-refractivity contribution in [1.29, 1.82) is 0 Å². The molecule has 4 rings (SSSR count). The monoisotopic (exact) mass is 346 g/mol. The molecule has 0 aromatic heterocycles. The first-order chi connectivity index (χ1) is 12.0. The fourth-order valence-corrected chi connectivity index (χ4v) is 8.27. The molecule has 2 heteroatoms. The smallest absolute Gasteiger partial charge is 0.119 e. The maximum absolute atomic E-state index is 10.7. The van der Waals surface area contributed by atoms with E-state index in [0.29, 0.717) is 10.8 Å². The van der Waals surface area contributed by atoms with Crippen LogP contribution in [0.5, 0.6) is 0 Å². The average Bonchev–Trinajstić information content (AvgIpc) is 2.92. The van der Waals surface area contributed by atoms with Crippen LogP contribution in [0.3, 0.4) is 0 Å². The molecule has 0 heterocycles. The van der Waals surface area contributed by atoms with E-state index in [-0.39, 0.29) is 6.10 Å². The lowest BCUT2D eigenvalue weighted by molar-refractivity contribution is -0.127. The van der Waals surface area contributed by atoms with Gasteiger partial charge in [-0.3, -0.25) is 0 Å². The molecule has 4 saturated carbocycles. The zero-order chi connectivity index (χ0) is 17.7. The summed E-state index contributed by atoms with van der Waals surface area (Å²) in [6, 6.07) is 0. The summed E-state index contributed by atoms with van der Waals surface area (Å²) in [7, 11) is 0. The van der Waals surface area contributed by atoms with Crippen LogP contribution in [0.1, 0.15) is 90.9 Å². The highest BCUT2D eigenvalue weighted by molar-refractivity contribution is 5.48. The second kappa shape index (κ2) is 6.66. The molecule has 0 radical (unpaired) electrons. The van der Waals surface area contributed by atoms with Crippen molar-refractivity contribution >= 4 is 6.29 Å². The lowest BCUT2D eigenvalue weighted by atomic mass is 9.44. The molecule has 8 atom stereocenters. The zero-order valence-electron chi connectivity index (χ0n) is 16.4. The zero-order valence-corrected chi connectivity index (χ0v) is 16.4. The van der Waals surface area contributed by atoms with Gasteiger partial charge in [0.05, 0.1) is 6.10 Å². The minimum Gasteiger partial charge on any atom is -0.393 e. The minimum atomic E-state index is -0.0304. The fourth-order valence-electron chi connectivity index (χ4n) is 8.27. The van der Waals surface area contributed by atoms with Gasteiger partial charge in [0.2, 0.25) is 0 Å². The summed E-state index contributed by atoms with van der Waals surface area (Å²) in [5.41, 5.74) is 1.04. The first kappa shape index (κ1) is 18.0. The highest BCUT2D eigenvalue weighted by Gasteiger charge is 2.59. The summed E-state index contributed by atoms with van der Waals surface area (Å²) >= 11 is 0. The largest absolute Gasteiger partial charge is 0.393 e. The van der Waals surface area contributed by atoms with Gasteiger partial charge < -0.3 is 9.90 Å². The van der Waals surface area contributed by atoms with Crippen LogP contribution in [0.25, 0.3) is 0 Å². The highest BCUT2D eigenvalue weighted by Crippen LogP contribution is 2.67. The van der Waals surface area contributed by atoms with Gasteiger partial charge in [0.25, 0.3) is 0 Å². The molecule has 4 aliphatic rings. The molecule has 0 saturated heterocycles. The second-order valence-electron chi connectivity index (χ2n) is 10.5. The van der Waals surface area contributed by atoms with E-state index >= 15 is 0 Å². The van der Waals surface area contributed by atoms with Gasteiger partial charge in [-0.2, -0.15) is 0 Å². The van der Waals surface area contributed by atoms with Gasteiger partial charge in [0.15, 0.2) is 0 Å². The molecule has 4 fully saturated rings. The second-order valence-corrected chi connectivity index (χ2v) is 10.5. The Kier molecular flexibility index (Phi) is 4.80. The molecule has 142 valence electrons. The molecule has 0 bridgehead atoms. The number of aldehydes is 1. The van der Waals surface area contributed by atoms with Crippen LogP contribution < -0.4 is 0 Å². The Morgan fingerprint density at radius 3 is 2.52 bits per heavy atom. The normalized spacial score (nSPS) is 52.1. The summed E-state index contributed by atoms with van der Waals surface area (Å²) in [6.07, 6.45) is 16.0. The van der Waals surface area contributed by atoms with Gasteiger partial charge in [-0.1, -0.05) is 13.8 Å². The molecule has 1 N–H and O–H groups in total. The molecule has 2 nitrogen and oxygen atoms in total. The van der Waals surface area contributed by atoms with Crippen molar-refractivity contribution in [3.05, 3.63) is 0 Å². The van der Waals surface area contributed by atoms with Crippen LogP contribution in [0.15, 0.2) is 0 Å². The molecule has 25 heavy (non-hydrogen) atoms. The van der Waals surface area contributed by atoms with Gasteiger partial charge >= 0.3 is 0 Å². The standard InChI is InChI=1S/C23H38O2/c1-22-13-11-21-19(20(22)9-7-16(22)5-3-4-14-24)8-6-17-15-18(25)10-12-23(17,21)2/h14,16-21,25H,3-13,15H2,1-2H3. The van der Waals surface area contributed by atoms with Crippen molar-refractivity contribution in [2.24, 2.45) is 40.4 Å². The summed E-state index contributed by atoms with van der Waals surface area (Å²) in [5, 5.41) is 10.2. The molecular formula is C23H38O2. The maximum atomic E-state index is 10.7. The number of rotatable bonds is 4. The molecular weight excluding hydrogens is 308 g/mol. The molecule has 8 unspecified atom stereocenters. The first-order valence-corrected chi connectivity index (χ1v) is 11.1. The number of carbonyl (C=O) groups excluding carboxylic acids is 1. The van der Waals surface area contributed by atoms with Crippen LogP contribution in [-0.2, 0) is 4.79 Å². The number of carbonyl (C=O) groups is 1. The van der Waals surface area contributed by atoms with Crippen molar-refractivity contribution in [1.82, 2.24) is 0 Å². The number of aliphatic hydroxyl groups is 1. The number of hydrogen-bond acceptors (Lipinski definition) is 2. The quantitative estimate of drug-likeness (QED) is 0.548. The van der Waals surface area contributed by atoms with Gasteiger partial charge in [0.1, 0.15) is 6.29 Å².